The normalized spacial score (nSPS) is 19.8. The third kappa shape index (κ3) is 2.93. The molecule has 0 spiro atoms. The Morgan fingerprint density at radius 1 is 1.19 bits per heavy atom. The number of aromatic nitrogens is 2. The highest BCUT2D eigenvalue weighted by Crippen LogP contribution is 2.37. The molecule has 0 N–H and O–H groups in total. The molecule has 1 aromatic heterocycles. The van der Waals surface area contributed by atoms with Crippen molar-refractivity contribution in [1.29, 1.82) is 0 Å². The van der Waals surface area contributed by atoms with Crippen LogP contribution in [-0.4, -0.2) is 9.55 Å². The zero-order valence-electron chi connectivity index (χ0n) is 12.6. The van der Waals surface area contributed by atoms with Crippen molar-refractivity contribution in [1.82, 2.24) is 9.55 Å². The van der Waals surface area contributed by atoms with Gasteiger partial charge in [-0.25, -0.2) is 4.98 Å². The maximum absolute atomic E-state index is 6.39. The first-order chi connectivity index (χ1) is 10.1. The standard InChI is InChI=1S/C17H22Cl2N2/c1-11(18)17-20-15-9-8-14(19)10-16(15)21(17)12(2)13-6-4-3-5-7-13/h8-13H,3-7H2,1-2H3. The number of hydrogen-bond acceptors (Lipinski definition) is 1. The number of halogens is 2. The Balaban J connectivity index is 2.09. The van der Waals surface area contributed by atoms with E-state index in [9.17, 15) is 0 Å². The van der Waals surface area contributed by atoms with Crippen LogP contribution in [0.4, 0.5) is 0 Å². The molecule has 0 amide bonds. The molecule has 1 fully saturated rings. The Labute approximate surface area is 136 Å². The lowest BCUT2D eigenvalue weighted by atomic mass is 9.84. The molecule has 2 atom stereocenters. The zero-order chi connectivity index (χ0) is 15.0. The molecule has 2 unspecified atom stereocenters. The van der Waals surface area contributed by atoms with Crippen LogP contribution in [0.25, 0.3) is 11.0 Å². The van der Waals surface area contributed by atoms with E-state index in [0.29, 0.717) is 12.0 Å². The van der Waals surface area contributed by atoms with Gasteiger partial charge in [0, 0.05) is 11.1 Å². The summed E-state index contributed by atoms with van der Waals surface area (Å²) in [6.07, 6.45) is 6.66. The summed E-state index contributed by atoms with van der Waals surface area (Å²) < 4.78 is 2.33. The Morgan fingerprint density at radius 2 is 1.90 bits per heavy atom. The molecule has 0 radical (unpaired) electrons. The van der Waals surface area contributed by atoms with Crippen LogP contribution in [0.5, 0.6) is 0 Å². The van der Waals surface area contributed by atoms with Gasteiger partial charge in [0.25, 0.3) is 0 Å². The molecule has 114 valence electrons. The average Bonchev–Trinajstić information content (AvgIpc) is 2.86. The topological polar surface area (TPSA) is 17.8 Å². The van der Waals surface area contributed by atoms with E-state index in [2.05, 4.69) is 11.5 Å². The summed E-state index contributed by atoms with van der Waals surface area (Å²) in [4.78, 5) is 4.74. The van der Waals surface area contributed by atoms with Crippen LogP contribution in [0.3, 0.4) is 0 Å². The van der Waals surface area contributed by atoms with E-state index in [0.717, 1.165) is 21.9 Å². The number of benzene rings is 1. The number of hydrogen-bond donors (Lipinski definition) is 0. The molecule has 1 aliphatic carbocycles. The summed E-state index contributed by atoms with van der Waals surface area (Å²) >= 11 is 12.6. The lowest BCUT2D eigenvalue weighted by molar-refractivity contribution is 0.264. The van der Waals surface area contributed by atoms with Crippen molar-refractivity contribution in [2.24, 2.45) is 5.92 Å². The highest BCUT2D eigenvalue weighted by atomic mass is 35.5. The monoisotopic (exact) mass is 324 g/mol. The van der Waals surface area contributed by atoms with Gasteiger partial charge in [0.05, 0.1) is 16.4 Å². The summed E-state index contributed by atoms with van der Waals surface area (Å²) in [5, 5.41) is 0.662. The van der Waals surface area contributed by atoms with Crippen molar-refractivity contribution in [2.45, 2.75) is 57.4 Å². The van der Waals surface area contributed by atoms with Gasteiger partial charge in [0.1, 0.15) is 5.82 Å². The van der Waals surface area contributed by atoms with Gasteiger partial charge in [-0.2, -0.15) is 0 Å². The van der Waals surface area contributed by atoms with Gasteiger partial charge in [0.2, 0.25) is 0 Å². The van der Waals surface area contributed by atoms with Crippen molar-refractivity contribution in [3.8, 4) is 0 Å². The van der Waals surface area contributed by atoms with Crippen LogP contribution in [0.2, 0.25) is 5.02 Å². The van der Waals surface area contributed by atoms with Crippen LogP contribution in [0.1, 0.15) is 63.2 Å². The third-order valence-corrected chi connectivity index (χ3v) is 5.20. The van der Waals surface area contributed by atoms with Gasteiger partial charge in [-0.3, -0.25) is 0 Å². The molecule has 2 aromatic rings. The second-order valence-electron chi connectivity index (χ2n) is 6.23. The summed E-state index contributed by atoms with van der Waals surface area (Å²) in [6.45, 7) is 4.30. The fraction of sp³-hybridized carbons (Fsp3) is 0.588. The fourth-order valence-electron chi connectivity index (χ4n) is 3.62. The molecule has 2 nitrogen and oxygen atoms in total. The smallest absolute Gasteiger partial charge is 0.127 e. The quantitative estimate of drug-likeness (QED) is 0.621. The average molecular weight is 325 g/mol. The molecular formula is C17H22Cl2N2. The molecule has 1 heterocycles. The van der Waals surface area contributed by atoms with Crippen LogP contribution < -0.4 is 0 Å². The number of imidazole rings is 1. The molecule has 4 heteroatoms. The van der Waals surface area contributed by atoms with E-state index in [1.54, 1.807) is 0 Å². The van der Waals surface area contributed by atoms with Crippen LogP contribution in [-0.2, 0) is 0 Å². The van der Waals surface area contributed by atoms with E-state index in [-0.39, 0.29) is 5.38 Å². The second kappa shape index (κ2) is 6.18. The minimum atomic E-state index is -0.0952. The Kier molecular flexibility index (Phi) is 4.46. The first-order valence-electron chi connectivity index (χ1n) is 7.89. The second-order valence-corrected chi connectivity index (χ2v) is 7.32. The summed E-state index contributed by atoms with van der Waals surface area (Å²) in [5.74, 6) is 1.68. The molecule has 1 aromatic carbocycles. The van der Waals surface area contributed by atoms with Crippen molar-refractivity contribution in [3.05, 3.63) is 29.0 Å². The number of rotatable bonds is 3. The van der Waals surface area contributed by atoms with Crippen molar-refractivity contribution in [3.63, 3.8) is 0 Å². The van der Waals surface area contributed by atoms with Crippen molar-refractivity contribution in [2.75, 3.05) is 0 Å². The Morgan fingerprint density at radius 3 is 2.57 bits per heavy atom. The predicted molar refractivity (Wildman–Crippen MR) is 90.3 cm³/mol. The van der Waals surface area contributed by atoms with Crippen LogP contribution in [0.15, 0.2) is 18.2 Å². The maximum Gasteiger partial charge on any atom is 0.127 e. The van der Waals surface area contributed by atoms with Crippen LogP contribution in [0, 0.1) is 5.92 Å². The Hall–Kier alpha value is -0.730. The third-order valence-electron chi connectivity index (χ3n) is 4.77. The van der Waals surface area contributed by atoms with Gasteiger partial charge < -0.3 is 4.57 Å². The Bertz CT molecular complexity index is 627. The lowest BCUT2D eigenvalue weighted by Crippen LogP contribution is -2.21. The highest BCUT2D eigenvalue weighted by Gasteiger charge is 2.26. The minimum Gasteiger partial charge on any atom is -0.324 e. The van der Waals surface area contributed by atoms with Gasteiger partial charge in [0.15, 0.2) is 0 Å². The van der Waals surface area contributed by atoms with E-state index < -0.39 is 0 Å². The van der Waals surface area contributed by atoms with Crippen molar-refractivity contribution >= 4 is 34.2 Å². The van der Waals surface area contributed by atoms with Crippen molar-refractivity contribution < 1.29 is 0 Å². The highest BCUT2D eigenvalue weighted by molar-refractivity contribution is 6.31. The van der Waals surface area contributed by atoms with Gasteiger partial charge >= 0.3 is 0 Å². The molecule has 3 rings (SSSR count). The molecule has 0 bridgehead atoms. The molecule has 21 heavy (non-hydrogen) atoms. The summed E-state index contributed by atoms with van der Waals surface area (Å²) in [7, 11) is 0. The first kappa shape index (κ1) is 15.2. The zero-order valence-corrected chi connectivity index (χ0v) is 14.2. The SMILES string of the molecule is CC(Cl)c1nc2ccc(Cl)cc2n1C(C)C1CCCCC1. The number of alkyl halides is 1. The van der Waals surface area contributed by atoms with Gasteiger partial charge in [-0.05, 0) is 50.8 Å². The van der Waals surface area contributed by atoms with E-state index in [4.69, 9.17) is 28.2 Å². The van der Waals surface area contributed by atoms with E-state index in [1.165, 1.54) is 32.1 Å². The van der Waals surface area contributed by atoms with Crippen LogP contribution >= 0.6 is 23.2 Å². The maximum atomic E-state index is 6.39. The van der Waals surface area contributed by atoms with E-state index >= 15 is 0 Å². The largest absolute Gasteiger partial charge is 0.324 e. The number of nitrogens with zero attached hydrogens (tertiary/aromatic N) is 2. The van der Waals surface area contributed by atoms with E-state index in [1.807, 2.05) is 25.1 Å². The number of fused-ring (bicyclic) bond motifs is 1. The lowest BCUT2D eigenvalue weighted by Gasteiger charge is -2.30. The molecule has 0 saturated heterocycles. The minimum absolute atomic E-state index is 0.0952. The first-order valence-corrected chi connectivity index (χ1v) is 8.71. The molecule has 1 saturated carbocycles. The fourth-order valence-corrected chi connectivity index (χ4v) is 3.94. The molecule has 0 aliphatic heterocycles. The summed E-state index contributed by atoms with van der Waals surface area (Å²) in [5.41, 5.74) is 2.10. The summed E-state index contributed by atoms with van der Waals surface area (Å²) in [6, 6.07) is 6.33. The van der Waals surface area contributed by atoms with Gasteiger partial charge in [-0.1, -0.05) is 30.9 Å². The molecular weight excluding hydrogens is 303 g/mol. The molecule has 1 aliphatic rings. The predicted octanol–water partition coefficient (Wildman–Crippen LogP) is 6.13. The van der Waals surface area contributed by atoms with Gasteiger partial charge in [-0.15, -0.1) is 11.6 Å².